The lowest BCUT2D eigenvalue weighted by Crippen LogP contribution is -2.71. The zero-order chi connectivity index (χ0) is 15.4. The smallest absolute Gasteiger partial charge is 0.249 e. The highest BCUT2D eigenvalue weighted by Crippen LogP contribution is 2.44. The molecule has 1 N–H and O–H groups in total. The molecule has 0 spiro atoms. The Balaban J connectivity index is 1.87. The van der Waals surface area contributed by atoms with Crippen molar-refractivity contribution >= 4 is 11.8 Å². The summed E-state index contributed by atoms with van der Waals surface area (Å²) in [4.78, 5) is 27.4. The van der Waals surface area contributed by atoms with Crippen LogP contribution in [0, 0.1) is 11.3 Å². The van der Waals surface area contributed by atoms with E-state index in [2.05, 4.69) is 19.2 Å². The van der Waals surface area contributed by atoms with Crippen LogP contribution in [0.15, 0.2) is 0 Å². The van der Waals surface area contributed by atoms with Gasteiger partial charge in [-0.15, -0.1) is 0 Å². The highest BCUT2D eigenvalue weighted by molar-refractivity contribution is 6.00. The van der Waals surface area contributed by atoms with Gasteiger partial charge in [0.25, 0.3) is 0 Å². The molecule has 0 aromatic rings. The molecule has 3 fully saturated rings. The lowest BCUT2D eigenvalue weighted by Gasteiger charge is -2.50. The minimum absolute atomic E-state index is 0.0207. The predicted molar refractivity (Wildman–Crippen MR) is 81.6 cm³/mol. The first-order chi connectivity index (χ1) is 9.74. The average molecular weight is 292 g/mol. The molecule has 0 aromatic heterocycles. The van der Waals surface area contributed by atoms with Gasteiger partial charge < -0.3 is 10.2 Å². The lowest BCUT2D eigenvalue weighted by atomic mass is 9.73. The molecule has 2 aliphatic carbocycles. The number of hydrogen-bond acceptors (Lipinski definition) is 2. The Bertz CT molecular complexity index is 469. The van der Waals surface area contributed by atoms with E-state index in [4.69, 9.17) is 0 Å². The van der Waals surface area contributed by atoms with E-state index in [-0.39, 0.29) is 29.3 Å². The quantitative estimate of drug-likeness (QED) is 0.850. The summed E-state index contributed by atoms with van der Waals surface area (Å²) in [7, 11) is 0. The van der Waals surface area contributed by atoms with E-state index in [0.717, 1.165) is 32.1 Å². The van der Waals surface area contributed by atoms with Crippen molar-refractivity contribution in [3.8, 4) is 0 Å². The molecule has 3 unspecified atom stereocenters. The third-order valence-electron chi connectivity index (χ3n) is 5.82. The van der Waals surface area contributed by atoms with Gasteiger partial charge >= 0.3 is 0 Å². The van der Waals surface area contributed by atoms with E-state index in [1.165, 1.54) is 6.42 Å². The fourth-order valence-electron chi connectivity index (χ4n) is 4.30. The van der Waals surface area contributed by atoms with E-state index in [1.54, 1.807) is 0 Å². The molecule has 1 aliphatic heterocycles. The summed E-state index contributed by atoms with van der Waals surface area (Å²) in [5.41, 5.74) is -0.391. The highest BCUT2D eigenvalue weighted by Gasteiger charge is 2.56. The molecule has 118 valence electrons. The second-order valence-electron chi connectivity index (χ2n) is 8.27. The standard InChI is InChI=1S/C17H28N2O2/c1-11-14(20)18-17(4,12-7-8-12)15(21)19(11)13-6-5-9-16(2,3)10-13/h11-13H,5-10H2,1-4H3,(H,18,20). The Kier molecular flexibility index (Phi) is 3.34. The second-order valence-corrected chi connectivity index (χ2v) is 8.27. The molecule has 0 radical (unpaired) electrons. The summed E-state index contributed by atoms with van der Waals surface area (Å²) >= 11 is 0. The summed E-state index contributed by atoms with van der Waals surface area (Å²) < 4.78 is 0. The van der Waals surface area contributed by atoms with E-state index in [1.807, 2.05) is 18.7 Å². The van der Waals surface area contributed by atoms with Gasteiger partial charge in [-0.3, -0.25) is 9.59 Å². The molecule has 1 heterocycles. The fourth-order valence-corrected chi connectivity index (χ4v) is 4.30. The van der Waals surface area contributed by atoms with Crippen LogP contribution in [-0.4, -0.2) is 34.3 Å². The molecular weight excluding hydrogens is 264 g/mol. The zero-order valence-electron chi connectivity index (χ0n) is 13.7. The van der Waals surface area contributed by atoms with Crippen molar-refractivity contribution in [2.24, 2.45) is 11.3 Å². The molecule has 0 bridgehead atoms. The third kappa shape index (κ3) is 2.47. The number of carbonyl (C=O) groups excluding carboxylic acids is 2. The van der Waals surface area contributed by atoms with Crippen LogP contribution in [0.1, 0.15) is 66.2 Å². The van der Waals surface area contributed by atoms with Crippen molar-refractivity contribution in [2.45, 2.75) is 83.8 Å². The van der Waals surface area contributed by atoms with Gasteiger partial charge in [-0.05, 0) is 57.3 Å². The lowest BCUT2D eigenvalue weighted by molar-refractivity contribution is -0.159. The Hall–Kier alpha value is -1.06. The number of piperazine rings is 1. The number of carbonyl (C=O) groups is 2. The predicted octanol–water partition coefficient (Wildman–Crippen LogP) is 2.47. The van der Waals surface area contributed by atoms with E-state index in [9.17, 15) is 9.59 Å². The van der Waals surface area contributed by atoms with E-state index < -0.39 is 5.54 Å². The highest BCUT2D eigenvalue weighted by atomic mass is 16.2. The van der Waals surface area contributed by atoms with Gasteiger partial charge in [-0.25, -0.2) is 0 Å². The van der Waals surface area contributed by atoms with Gasteiger partial charge in [0.05, 0.1) is 0 Å². The van der Waals surface area contributed by atoms with Gasteiger partial charge in [0.1, 0.15) is 11.6 Å². The topological polar surface area (TPSA) is 49.4 Å². The second kappa shape index (κ2) is 4.72. The fraction of sp³-hybridized carbons (Fsp3) is 0.882. The molecule has 3 aliphatic rings. The van der Waals surface area contributed by atoms with Crippen LogP contribution >= 0.6 is 0 Å². The van der Waals surface area contributed by atoms with Gasteiger partial charge in [0.2, 0.25) is 11.8 Å². The first-order valence-electron chi connectivity index (χ1n) is 8.39. The zero-order valence-corrected chi connectivity index (χ0v) is 13.7. The first kappa shape index (κ1) is 14.9. The molecule has 4 heteroatoms. The van der Waals surface area contributed by atoms with Crippen LogP contribution in [-0.2, 0) is 9.59 Å². The summed E-state index contributed by atoms with van der Waals surface area (Å²) in [6.45, 7) is 8.36. The van der Waals surface area contributed by atoms with Crippen molar-refractivity contribution < 1.29 is 9.59 Å². The number of nitrogens with zero attached hydrogens (tertiary/aromatic N) is 1. The number of amides is 2. The normalized spacial score (nSPS) is 40.1. The molecule has 2 saturated carbocycles. The maximum atomic E-state index is 13.1. The molecule has 1 saturated heterocycles. The largest absolute Gasteiger partial charge is 0.340 e. The van der Waals surface area contributed by atoms with Crippen molar-refractivity contribution in [2.75, 3.05) is 0 Å². The Morgan fingerprint density at radius 2 is 1.81 bits per heavy atom. The van der Waals surface area contributed by atoms with E-state index >= 15 is 0 Å². The van der Waals surface area contributed by atoms with Crippen molar-refractivity contribution in [1.82, 2.24) is 10.2 Å². The maximum absolute atomic E-state index is 13.1. The van der Waals surface area contributed by atoms with Crippen LogP contribution in [0.4, 0.5) is 0 Å². The number of hydrogen-bond donors (Lipinski definition) is 1. The Labute approximate surface area is 127 Å². The summed E-state index contributed by atoms with van der Waals surface area (Å²) in [6, 6.07) is -0.108. The van der Waals surface area contributed by atoms with Crippen molar-refractivity contribution in [3.63, 3.8) is 0 Å². The molecular formula is C17H28N2O2. The van der Waals surface area contributed by atoms with Crippen LogP contribution in [0.3, 0.4) is 0 Å². The third-order valence-corrected chi connectivity index (χ3v) is 5.82. The van der Waals surface area contributed by atoms with Crippen molar-refractivity contribution in [3.05, 3.63) is 0 Å². The molecule has 0 aromatic carbocycles. The van der Waals surface area contributed by atoms with Crippen LogP contribution in [0.25, 0.3) is 0 Å². The monoisotopic (exact) mass is 292 g/mol. The Morgan fingerprint density at radius 1 is 1.14 bits per heavy atom. The van der Waals surface area contributed by atoms with Gasteiger partial charge in [-0.1, -0.05) is 20.3 Å². The minimum atomic E-state index is -0.662. The van der Waals surface area contributed by atoms with Crippen LogP contribution < -0.4 is 5.32 Å². The van der Waals surface area contributed by atoms with Crippen molar-refractivity contribution in [1.29, 1.82) is 0 Å². The number of nitrogens with one attached hydrogen (secondary N) is 1. The average Bonchev–Trinajstić information content (AvgIpc) is 3.20. The van der Waals surface area contributed by atoms with Gasteiger partial charge in [0, 0.05) is 6.04 Å². The minimum Gasteiger partial charge on any atom is -0.340 e. The van der Waals surface area contributed by atoms with E-state index in [0.29, 0.717) is 5.92 Å². The summed E-state index contributed by atoms with van der Waals surface area (Å²) in [6.07, 6.45) is 6.52. The van der Waals surface area contributed by atoms with Gasteiger partial charge in [-0.2, -0.15) is 0 Å². The van der Waals surface area contributed by atoms with Gasteiger partial charge in [0.15, 0.2) is 0 Å². The molecule has 2 amide bonds. The first-order valence-corrected chi connectivity index (χ1v) is 8.39. The molecule has 4 nitrogen and oxygen atoms in total. The molecule has 3 atom stereocenters. The SMILES string of the molecule is CC1C(=O)NC(C)(C2CC2)C(=O)N1C1CCCC(C)(C)C1. The molecule has 21 heavy (non-hydrogen) atoms. The maximum Gasteiger partial charge on any atom is 0.249 e. The molecule has 3 rings (SSSR count). The number of rotatable bonds is 2. The summed E-state index contributed by atoms with van der Waals surface area (Å²) in [5, 5.41) is 3.01. The van der Waals surface area contributed by atoms with Crippen LogP contribution in [0.5, 0.6) is 0 Å². The Morgan fingerprint density at radius 3 is 2.38 bits per heavy atom. The summed E-state index contributed by atoms with van der Waals surface area (Å²) in [5.74, 6) is 0.507. The van der Waals surface area contributed by atoms with Crippen LogP contribution in [0.2, 0.25) is 0 Å².